The average Bonchev–Trinajstić information content (AvgIpc) is 2.77. The average molecular weight is 492 g/mol. The lowest BCUT2D eigenvalue weighted by atomic mass is 9.99. The van der Waals surface area contributed by atoms with E-state index in [9.17, 15) is 14.4 Å². The van der Waals surface area contributed by atoms with Crippen LogP contribution in [0.4, 0.5) is 10.5 Å². The first-order valence-corrected chi connectivity index (χ1v) is 12.0. The number of benzene rings is 2. The van der Waals surface area contributed by atoms with Crippen LogP contribution in [0, 0.1) is 26.2 Å². The third kappa shape index (κ3) is 7.35. The van der Waals surface area contributed by atoms with Crippen LogP contribution in [0.15, 0.2) is 42.5 Å². The number of anilines is 1. The van der Waals surface area contributed by atoms with Crippen LogP contribution in [-0.2, 0) is 14.3 Å². The van der Waals surface area contributed by atoms with Crippen molar-refractivity contribution in [3.63, 3.8) is 0 Å². The lowest BCUT2D eigenvalue weighted by molar-refractivity contribution is -0.142. The number of rotatable bonds is 7. The Morgan fingerprint density at radius 2 is 1.53 bits per heavy atom. The summed E-state index contributed by atoms with van der Waals surface area (Å²) in [5.74, 6) is 1.78. The molecule has 36 heavy (non-hydrogen) atoms. The van der Waals surface area contributed by atoms with Crippen LogP contribution < -0.4 is 10.6 Å². The molecule has 0 bridgehead atoms. The minimum Gasteiger partial charge on any atom is -0.444 e. The van der Waals surface area contributed by atoms with E-state index in [1.807, 2.05) is 45.9 Å². The monoisotopic (exact) mass is 491 g/mol. The number of aryl methyl sites for hydroxylation is 2. The third-order valence-corrected chi connectivity index (χ3v) is 5.56. The van der Waals surface area contributed by atoms with Gasteiger partial charge < -0.3 is 20.3 Å². The van der Waals surface area contributed by atoms with Gasteiger partial charge in [0.1, 0.15) is 17.7 Å². The lowest BCUT2D eigenvalue weighted by Gasteiger charge is -2.36. The van der Waals surface area contributed by atoms with Gasteiger partial charge in [-0.2, -0.15) is 0 Å². The molecule has 0 aliphatic rings. The van der Waals surface area contributed by atoms with Crippen molar-refractivity contribution in [2.24, 2.45) is 0 Å². The molecule has 0 saturated carbocycles. The topological polar surface area (TPSA) is 87.7 Å². The number of carbonyl (C=O) groups excluding carboxylic acids is 3. The molecule has 0 aromatic heterocycles. The zero-order valence-electron chi connectivity index (χ0n) is 22.4. The molecule has 2 aromatic rings. The van der Waals surface area contributed by atoms with Gasteiger partial charge in [0.05, 0.1) is 0 Å². The lowest BCUT2D eigenvalue weighted by Crippen LogP contribution is -2.53. The van der Waals surface area contributed by atoms with Crippen LogP contribution in [0.2, 0.25) is 0 Å². The molecule has 0 radical (unpaired) electrons. The summed E-state index contributed by atoms with van der Waals surface area (Å²) >= 11 is 0. The SMILES string of the molecule is C#Cc1ccc(C(C(=O)Nc2c(C)cccc2C)N(C(=O)C(C)NC(=O)OC(C)(C)C)C(C)C)cc1. The number of alkyl carbamates (subject to hydrolysis) is 1. The number of carbonyl (C=O) groups is 3. The highest BCUT2D eigenvalue weighted by atomic mass is 16.6. The molecule has 192 valence electrons. The third-order valence-electron chi connectivity index (χ3n) is 5.56. The second kappa shape index (κ2) is 11.8. The molecule has 0 aliphatic carbocycles. The zero-order valence-corrected chi connectivity index (χ0v) is 22.4. The molecule has 7 nitrogen and oxygen atoms in total. The number of amides is 3. The second-order valence-corrected chi connectivity index (χ2v) is 10.1. The van der Waals surface area contributed by atoms with Crippen LogP contribution in [0.3, 0.4) is 0 Å². The predicted molar refractivity (Wildman–Crippen MR) is 142 cm³/mol. The standard InChI is InChI=1S/C29H37N3O4/c1-10-22-14-16-23(17-15-22)25(26(33)31-24-19(4)12-11-13-20(24)5)32(18(2)3)27(34)21(6)30-28(35)36-29(7,8)9/h1,11-18,21,25H,2-9H3,(H,30,35)(H,31,33). The van der Waals surface area contributed by atoms with Gasteiger partial charge in [-0.15, -0.1) is 6.42 Å². The van der Waals surface area contributed by atoms with Crippen molar-refractivity contribution >= 4 is 23.6 Å². The Labute approximate surface area is 214 Å². The van der Waals surface area contributed by atoms with Crippen LogP contribution in [0.1, 0.15) is 69.8 Å². The summed E-state index contributed by atoms with van der Waals surface area (Å²) in [5.41, 5.74) is 3.07. The molecule has 2 rings (SSSR count). The van der Waals surface area contributed by atoms with E-state index in [1.54, 1.807) is 52.0 Å². The quantitative estimate of drug-likeness (QED) is 0.527. The zero-order chi connectivity index (χ0) is 27.2. The van der Waals surface area contributed by atoms with E-state index in [0.29, 0.717) is 16.8 Å². The Hall–Kier alpha value is -3.79. The highest BCUT2D eigenvalue weighted by molar-refractivity contribution is 6.00. The van der Waals surface area contributed by atoms with Gasteiger partial charge in [0.15, 0.2) is 0 Å². The summed E-state index contributed by atoms with van der Waals surface area (Å²) in [6, 6.07) is 10.5. The number of nitrogens with zero attached hydrogens (tertiary/aromatic N) is 1. The van der Waals surface area contributed by atoms with E-state index < -0.39 is 29.7 Å². The van der Waals surface area contributed by atoms with E-state index in [2.05, 4.69) is 16.6 Å². The summed E-state index contributed by atoms with van der Waals surface area (Å²) < 4.78 is 5.30. The maximum atomic E-state index is 13.8. The van der Waals surface area contributed by atoms with Crippen LogP contribution in [0.25, 0.3) is 0 Å². The maximum Gasteiger partial charge on any atom is 0.408 e. The fraction of sp³-hybridized carbons (Fsp3) is 0.414. The first kappa shape index (κ1) is 28.4. The van der Waals surface area contributed by atoms with Crippen LogP contribution in [-0.4, -0.2) is 40.5 Å². The van der Waals surface area contributed by atoms with Crippen LogP contribution in [0.5, 0.6) is 0 Å². The van der Waals surface area contributed by atoms with Gasteiger partial charge in [-0.25, -0.2) is 4.79 Å². The fourth-order valence-electron chi connectivity index (χ4n) is 3.85. The van der Waals surface area contributed by atoms with Crippen molar-refractivity contribution in [1.82, 2.24) is 10.2 Å². The molecular formula is C29H37N3O4. The predicted octanol–water partition coefficient (Wildman–Crippen LogP) is 5.11. The second-order valence-electron chi connectivity index (χ2n) is 10.1. The highest BCUT2D eigenvalue weighted by Crippen LogP contribution is 2.28. The van der Waals surface area contributed by atoms with Gasteiger partial charge in [-0.3, -0.25) is 9.59 Å². The summed E-state index contributed by atoms with van der Waals surface area (Å²) in [6.45, 7) is 14.3. The molecule has 0 aliphatic heterocycles. The van der Waals surface area contributed by atoms with Gasteiger partial charge in [-0.1, -0.05) is 36.3 Å². The summed E-state index contributed by atoms with van der Waals surface area (Å²) in [5, 5.41) is 5.61. The Kier molecular flexibility index (Phi) is 9.29. The van der Waals surface area contributed by atoms with E-state index in [1.165, 1.54) is 4.90 Å². The largest absolute Gasteiger partial charge is 0.444 e. The maximum absolute atomic E-state index is 13.8. The summed E-state index contributed by atoms with van der Waals surface area (Å²) in [4.78, 5) is 41.3. The summed E-state index contributed by atoms with van der Waals surface area (Å²) in [7, 11) is 0. The first-order valence-electron chi connectivity index (χ1n) is 12.0. The number of hydrogen-bond acceptors (Lipinski definition) is 4. The number of nitrogens with one attached hydrogen (secondary N) is 2. The van der Waals surface area contributed by atoms with E-state index >= 15 is 0 Å². The number of para-hydroxylation sites is 1. The summed E-state index contributed by atoms with van der Waals surface area (Å²) in [6.07, 6.45) is 4.80. The van der Waals surface area contributed by atoms with Crippen molar-refractivity contribution in [3.05, 3.63) is 64.7 Å². The Morgan fingerprint density at radius 3 is 2.00 bits per heavy atom. The van der Waals surface area contributed by atoms with Crippen LogP contribution >= 0.6 is 0 Å². The highest BCUT2D eigenvalue weighted by Gasteiger charge is 2.36. The molecule has 7 heteroatoms. The van der Waals surface area contributed by atoms with Gasteiger partial charge in [0.2, 0.25) is 5.91 Å². The van der Waals surface area contributed by atoms with Gasteiger partial charge >= 0.3 is 6.09 Å². The Bertz CT molecular complexity index is 1120. The van der Waals surface area contributed by atoms with E-state index in [0.717, 1.165) is 11.1 Å². The minimum atomic E-state index is -0.966. The van der Waals surface area contributed by atoms with Crippen molar-refractivity contribution < 1.29 is 19.1 Å². The van der Waals surface area contributed by atoms with Crippen molar-refractivity contribution in [2.45, 2.75) is 79.1 Å². The molecular weight excluding hydrogens is 454 g/mol. The van der Waals surface area contributed by atoms with Crippen molar-refractivity contribution in [1.29, 1.82) is 0 Å². The Balaban J connectivity index is 2.48. The van der Waals surface area contributed by atoms with E-state index in [4.69, 9.17) is 11.2 Å². The molecule has 2 aromatic carbocycles. The molecule has 0 heterocycles. The van der Waals surface area contributed by atoms with Crippen molar-refractivity contribution in [3.8, 4) is 12.3 Å². The normalized spacial score (nSPS) is 12.8. The van der Waals surface area contributed by atoms with Crippen molar-refractivity contribution in [2.75, 3.05) is 5.32 Å². The molecule has 2 N–H and O–H groups in total. The number of ether oxygens (including phenoxy) is 1. The molecule has 2 unspecified atom stereocenters. The molecule has 0 spiro atoms. The van der Waals surface area contributed by atoms with Gasteiger partial charge in [0.25, 0.3) is 5.91 Å². The Morgan fingerprint density at radius 1 is 0.972 bits per heavy atom. The first-order chi connectivity index (χ1) is 16.7. The van der Waals surface area contributed by atoms with E-state index in [-0.39, 0.29) is 11.9 Å². The molecule has 0 saturated heterocycles. The molecule has 3 amide bonds. The number of terminal acetylenes is 1. The number of hydrogen-bond donors (Lipinski definition) is 2. The molecule has 0 fully saturated rings. The smallest absolute Gasteiger partial charge is 0.408 e. The fourth-order valence-corrected chi connectivity index (χ4v) is 3.85. The van der Waals surface area contributed by atoms with Gasteiger partial charge in [-0.05, 0) is 84.2 Å². The van der Waals surface area contributed by atoms with Gasteiger partial charge in [0, 0.05) is 17.3 Å². The molecule has 2 atom stereocenters. The minimum absolute atomic E-state index is 0.360.